The van der Waals surface area contributed by atoms with Crippen molar-refractivity contribution in [3.63, 3.8) is 0 Å². The molecule has 0 radical (unpaired) electrons. The van der Waals surface area contributed by atoms with Crippen LogP contribution < -0.4 is 5.32 Å². The molecule has 2 aromatic carbocycles. The highest BCUT2D eigenvalue weighted by molar-refractivity contribution is 5.90. The third-order valence-corrected chi connectivity index (χ3v) is 7.01. The van der Waals surface area contributed by atoms with Crippen molar-refractivity contribution in [3.05, 3.63) is 59.7 Å². The number of carbonyl (C=O) groups excluding carboxylic acids is 2. The third-order valence-electron chi connectivity index (χ3n) is 7.01. The topological polar surface area (TPSA) is 105 Å². The lowest BCUT2D eigenvalue weighted by molar-refractivity contribution is -0.150. The molecule has 2 N–H and O–H groups in total. The molecule has 0 saturated carbocycles. The molecule has 2 aliphatic rings. The summed E-state index contributed by atoms with van der Waals surface area (Å²) in [7, 11) is 1.57. The maximum absolute atomic E-state index is 13.3. The monoisotopic (exact) mass is 480 g/mol. The van der Waals surface area contributed by atoms with Crippen LogP contribution in [0.5, 0.6) is 0 Å². The summed E-state index contributed by atoms with van der Waals surface area (Å²) in [5.74, 6) is -1.66. The van der Waals surface area contributed by atoms with Crippen molar-refractivity contribution in [2.45, 2.75) is 44.2 Å². The molecule has 3 unspecified atom stereocenters. The second-order valence-corrected chi connectivity index (χ2v) is 9.24. The van der Waals surface area contributed by atoms with Gasteiger partial charge in [-0.3, -0.25) is 4.79 Å². The molecule has 0 spiro atoms. The van der Waals surface area contributed by atoms with Crippen LogP contribution in [0.25, 0.3) is 11.1 Å². The standard InChI is InChI=1S/C27H32N2O6/c1-17-13-14-29(24(17)26(31)32)25(30)23(12-7-15-34-2)28-27(33)35-16-22-20-10-5-3-8-18(20)19-9-4-6-11-21(19)22/h3-6,8-11,17,22-24H,7,12-16H2,1-2H3,(H,28,33)(H,31,32). The Hall–Kier alpha value is -3.39. The molecule has 8 heteroatoms. The Morgan fingerprint density at radius 1 is 1.09 bits per heavy atom. The van der Waals surface area contributed by atoms with E-state index in [0.29, 0.717) is 32.4 Å². The zero-order valence-electron chi connectivity index (χ0n) is 20.1. The fraction of sp³-hybridized carbons (Fsp3) is 0.444. The lowest BCUT2D eigenvalue weighted by Gasteiger charge is -2.28. The van der Waals surface area contributed by atoms with E-state index in [4.69, 9.17) is 9.47 Å². The third kappa shape index (κ3) is 5.17. The van der Waals surface area contributed by atoms with E-state index >= 15 is 0 Å². The molecule has 1 aliphatic heterocycles. The molecule has 186 valence electrons. The van der Waals surface area contributed by atoms with E-state index in [2.05, 4.69) is 17.4 Å². The van der Waals surface area contributed by atoms with Gasteiger partial charge in [0.1, 0.15) is 18.7 Å². The van der Waals surface area contributed by atoms with E-state index in [9.17, 15) is 19.5 Å². The van der Waals surface area contributed by atoms with Crippen molar-refractivity contribution in [2.24, 2.45) is 5.92 Å². The number of hydrogen-bond donors (Lipinski definition) is 2. The van der Waals surface area contributed by atoms with Gasteiger partial charge in [-0.05, 0) is 47.4 Å². The quantitative estimate of drug-likeness (QED) is 0.531. The van der Waals surface area contributed by atoms with Crippen LogP contribution in [0, 0.1) is 5.92 Å². The predicted octanol–water partition coefficient (Wildman–Crippen LogP) is 3.64. The highest BCUT2D eigenvalue weighted by Gasteiger charge is 2.42. The number of amides is 2. The maximum atomic E-state index is 13.3. The number of ether oxygens (including phenoxy) is 2. The van der Waals surface area contributed by atoms with Gasteiger partial charge in [0, 0.05) is 26.2 Å². The number of benzene rings is 2. The van der Waals surface area contributed by atoms with Gasteiger partial charge in [0.05, 0.1) is 0 Å². The van der Waals surface area contributed by atoms with Crippen molar-refractivity contribution >= 4 is 18.0 Å². The SMILES string of the molecule is COCCCC(NC(=O)OCC1c2ccccc2-c2ccccc21)C(=O)N1CCC(C)C1C(=O)O. The number of carboxylic acid groups (broad SMARTS) is 1. The fourth-order valence-electron chi connectivity index (χ4n) is 5.24. The van der Waals surface area contributed by atoms with Gasteiger partial charge in [0.2, 0.25) is 5.91 Å². The molecule has 1 saturated heterocycles. The summed E-state index contributed by atoms with van der Waals surface area (Å²) >= 11 is 0. The number of carbonyl (C=O) groups is 3. The number of carboxylic acids is 1. The van der Waals surface area contributed by atoms with E-state index in [1.54, 1.807) is 7.11 Å². The number of nitrogens with zero attached hydrogens (tertiary/aromatic N) is 1. The second-order valence-electron chi connectivity index (χ2n) is 9.24. The number of nitrogens with one attached hydrogen (secondary N) is 1. The van der Waals surface area contributed by atoms with Gasteiger partial charge in [-0.25, -0.2) is 9.59 Å². The molecular formula is C27H32N2O6. The van der Waals surface area contributed by atoms with Gasteiger partial charge in [0.15, 0.2) is 0 Å². The van der Waals surface area contributed by atoms with Gasteiger partial charge in [-0.2, -0.15) is 0 Å². The Balaban J connectivity index is 1.44. The van der Waals surface area contributed by atoms with E-state index in [1.165, 1.54) is 4.90 Å². The largest absolute Gasteiger partial charge is 0.480 e. The molecule has 0 bridgehead atoms. The first-order valence-electron chi connectivity index (χ1n) is 12.1. The van der Waals surface area contributed by atoms with E-state index < -0.39 is 30.1 Å². The Kier molecular flexibility index (Phi) is 7.70. The number of likely N-dealkylation sites (tertiary alicyclic amines) is 1. The van der Waals surface area contributed by atoms with E-state index in [0.717, 1.165) is 22.3 Å². The minimum absolute atomic E-state index is 0.0911. The van der Waals surface area contributed by atoms with Crippen molar-refractivity contribution in [2.75, 3.05) is 26.9 Å². The normalized spacial score (nSPS) is 19.7. The zero-order valence-corrected chi connectivity index (χ0v) is 20.1. The summed E-state index contributed by atoms with van der Waals surface area (Å²) in [6, 6.07) is 14.4. The van der Waals surface area contributed by atoms with Crippen LogP contribution in [0.1, 0.15) is 43.2 Å². The first-order chi connectivity index (χ1) is 16.9. The highest BCUT2D eigenvalue weighted by Crippen LogP contribution is 2.44. The second kappa shape index (κ2) is 10.9. The molecule has 0 aromatic heterocycles. The number of hydrogen-bond acceptors (Lipinski definition) is 5. The number of fused-ring (bicyclic) bond motifs is 3. The van der Waals surface area contributed by atoms with Crippen LogP contribution in [0.4, 0.5) is 4.79 Å². The zero-order chi connectivity index (χ0) is 24.9. The predicted molar refractivity (Wildman–Crippen MR) is 130 cm³/mol. The van der Waals surface area contributed by atoms with Crippen molar-refractivity contribution in [1.29, 1.82) is 0 Å². The van der Waals surface area contributed by atoms with Crippen molar-refractivity contribution in [1.82, 2.24) is 10.2 Å². The number of methoxy groups -OCH3 is 1. The first kappa shape index (κ1) is 24.7. The summed E-state index contributed by atoms with van der Waals surface area (Å²) in [6.45, 7) is 2.74. The Morgan fingerprint density at radius 2 is 1.71 bits per heavy atom. The van der Waals surface area contributed by atoms with Gasteiger partial charge >= 0.3 is 12.1 Å². The minimum atomic E-state index is -1.03. The molecule has 3 atom stereocenters. The molecule has 1 aliphatic carbocycles. The van der Waals surface area contributed by atoms with Gasteiger partial charge in [-0.15, -0.1) is 0 Å². The molecule has 1 fully saturated rings. The van der Waals surface area contributed by atoms with Crippen molar-refractivity contribution < 1.29 is 29.0 Å². The van der Waals surface area contributed by atoms with Crippen LogP contribution in [-0.4, -0.2) is 66.9 Å². The Morgan fingerprint density at radius 3 is 2.31 bits per heavy atom. The first-order valence-corrected chi connectivity index (χ1v) is 12.1. The molecule has 8 nitrogen and oxygen atoms in total. The number of aliphatic carboxylic acids is 1. The van der Waals surface area contributed by atoms with Gasteiger partial charge in [-0.1, -0.05) is 55.5 Å². The van der Waals surface area contributed by atoms with Crippen LogP contribution in [0.3, 0.4) is 0 Å². The summed E-state index contributed by atoms with van der Waals surface area (Å²) in [5, 5.41) is 12.3. The average Bonchev–Trinajstić information content (AvgIpc) is 3.40. The highest BCUT2D eigenvalue weighted by atomic mass is 16.5. The van der Waals surface area contributed by atoms with Crippen LogP contribution in [0.2, 0.25) is 0 Å². The number of rotatable bonds is 9. The smallest absolute Gasteiger partial charge is 0.407 e. The average molecular weight is 481 g/mol. The lowest BCUT2D eigenvalue weighted by atomic mass is 9.98. The van der Waals surface area contributed by atoms with Gasteiger partial charge < -0.3 is 24.8 Å². The lowest BCUT2D eigenvalue weighted by Crippen LogP contribution is -2.52. The van der Waals surface area contributed by atoms with Crippen LogP contribution in [0.15, 0.2) is 48.5 Å². The summed E-state index contributed by atoms with van der Waals surface area (Å²) in [5.41, 5.74) is 4.47. The van der Waals surface area contributed by atoms with Gasteiger partial charge in [0.25, 0.3) is 0 Å². The molecule has 35 heavy (non-hydrogen) atoms. The van der Waals surface area contributed by atoms with Crippen LogP contribution >= 0.6 is 0 Å². The Bertz CT molecular complexity index is 1040. The summed E-state index contributed by atoms with van der Waals surface area (Å²) < 4.78 is 10.7. The molecular weight excluding hydrogens is 448 g/mol. The number of alkyl carbamates (subject to hydrolysis) is 1. The maximum Gasteiger partial charge on any atom is 0.407 e. The minimum Gasteiger partial charge on any atom is -0.480 e. The van der Waals surface area contributed by atoms with Crippen molar-refractivity contribution in [3.8, 4) is 11.1 Å². The van der Waals surface area contributed by atoms with E-state index in [1.807, 2.05) is 43.3 Å². The molecule has 4 rings (SSSR count). The molecule has 2 amide bonds. The van der Waals surface area contributed by atoms with Crippen LogP contribution in [-0.2, 0) is 19.1 Å². The molecule has 1 heterocycles. The summed E-state index contributed by atoms with van der Waals surface area (Å²) in [6.07, 6.45) is 0.784. The Labute approximate surface area is 205 Å². The molecule has 2 aromatic rings. The summed E-state index contributed by atoms with van der Waals surface area (Å²) in [4.78, 5) is 39.2. The van der Waals surface area contributed by atoms with E-state index in [-0.39, 0.29) is 18.4 Å². The fourth-order valence-corrected chi connectivity index (χ4v) is 5.24.